The molecule has 0 aromatic heterocycles. The van der Waals surface area contributed by atoms with Gasteiger partial charge in [0.1, 0.15) is 5.50 Å². The summed E-state index contributed by atoms with van der Waals surface area (Å²) >= 11 is 1.38. The molecule has 0 radical (unpaired) electrons. The number of carbonyl (C=O) groups excluding carboxylic acids is 2. The van der Waals surface area contributed by atoms with E-state index in [0.717, 1.165) is 26.1 Å². The molecule has 4 rings (SSSR count). The second-order valence-corrected chi connectivity index (χ2v) is 9.30. The maximum Gasteiger partial charge on any atom is 0.234 e. The lowest BCUT2D eigenvalue weighted by Crippen LogP contribution is -2.64. The highest BCUT2D eigenvalue weighted by molar-refractivity contribution is 8.00. The first-order chi connectivity index (χ1) is 16.1. The Kier molecular flexibility index (Phi) is 7.74. The van der Waals surface area contributed by atoms with Crippen LogP contribution in [0.2, 0.25) is 0 Å². The molecule has 0 aliphatic carbocycles. The monoisotopic (exact) mass is 470 g/mol. The first-order valence-corrected chi connectivity index (χ1v) is 12.1. The van der Waals surface area contributed by atoms with E-state index in [1.165, 1.54) is 17.3 Å². The molecule has 3 atom stereocenters. The average molecular weight is 471 g/mol. The summed E-state index contributed by atoms with van der Waals surface area (Å²) in [7, 11) is 3.12. The molecule has 2 amide bonds. The molecule has 0 bridgehead atoms. The van der Waals surface area contributed by atoms with Crippen LogP contribution in [0.5, 0.6) is 11.5 Å². The van der Waals surface area contributed by atoms with Gasteiger partial charge in [-0.05, 0) is 24.1 Å². The third kappa shape index (κ3) is 5.98. The minimum atomic E-state index is -0.282. The highest BCUT2D eigenvalue weighted by Gasteiger charge is 2.39. The van der Waals surface area contributed by atoms with Crippen molar-refractivity contribution in [3.8, 4) is 11.5 Å². The van der Waals surface area contributed by atoms with Crippen molar-refractivity contribution in [2.75, 3.05) is 38.4 Å². The van der Waals surface area contributed by atoms with Crippen LogP contribution in [0.25, 0.3) is 0 Å². The molecule has 3 unspecified atom stereocenters. The number of likely N-dealkylation sites (tertiary alicyclic amines) is 1. The van der Waals surface area contributed by atoms with E-state index in [2.05, 4.69) is 33.0 Å². The number of carbonyl (C=O) groups is 2. The number of methoxy groups -OCH3 is 2. The predicted molar refractivity (Wildman–Crippen MR) is 129 cm³/mol. The lowest BCUT2D eigenvalue weighted by Gasteiger charge is -2.43. The summed E-state index contributed by atoms with van der Waals surface area (Å²) in [4.78, 5) is 27.6. The smallest absolute Gasteiger partial charge is 0.234 e. The van der Waals surface area contributed by atoms with Gasteiger partial charge in [0, 0.05) is 37.4 Å². The summed E-state index contributed by atoms with van der Waals surface area (Å²) in [6, 6.07) is 15.7. The van der Waals surface area contributed by atoms with E-state index in [4.69, 9.17) is 9.47 Å². The van der Waals surface area contributed by atoms with Crippen LogP contribution in [-0.2, 0) is 16.1 Å². The molecule has 2 saturated heterocycles. The largest absolute Gasteiger partial charge is 0.493 e. The van der Waals surface area contributed by atoms with Crippen LogP contribution >= 0.6 is 11.8 Å². The van der Waals surface area contributed by atoms with E-state index in [1.54, 1.807) is 32.4 Å². The minimum absolute atomic E-state index is 0.0503. The van der Waals surface area contributed by atoms with Gasteiger partial charge in [0.2, 0.25) is 11.8 Å². The molecule has 3 N–H and O–H groups in total. The Balaban J connectivity index is 1.25. The van der Waals surface area contributed by atoms with Gasteiger partial charge in [-0.15, -0.1) is 11.8 Å². The minimum Gasteiger partial charge on any atom is -0.493 e. The quantitative estimate of drug-likeness (QED) is 0.545. The fourth-order valence-electron chi connectivity index (χ4n) is 4.30. The van der Waals surface area contributed by atoms with Crippen molar-refractivity contribution in [1.29, 1.82) is 0 Å². The van der Waals surface area contributed by atoms with Crippen molar-refractivity contribution in [3.05, 3.63) is 54.1 Å². The van der Waals surface area contributed by atoms with Crippen LogP contribution in [-0.4, -0.2) is 61.3 Å². The Hall–Kier alpha value is -2.75. The van der Waals surface area contributed by atoms with E-state index in [9.17, 15) is 9.59 Å². The molecule has 2 aliphatic heterocycles. The molecule has 2 aliphatic rings. The second-order valence-electron chi connectivity index (χ2n) is 8.21. The maximum absolute atomic E-state index is 12.8. The molecule has 8 nitrogen and oxygen atoms in total. The van der Waals surface area contributed by atoms with Gasteiger partial charge in [-0.25, -0.2) is 0 Å². The number of amides is 2. The van der Waals surface area contributed by atoms with Crippen LogP contribution in [0.1, 0.15) is 12.0 Å². The number of nitrogens with zero attached hydrogens (tertiary/aromatic N) is 1. The Morgan fingerprint density at radius 3 is 2.70 bits per heavy atom. The van der Waals surface area contributed by atoms with E-state index in [0.29, 0.717) is 17.2 Å². The molecule has 2 fully saturated rings. The SMILES string of the molecule is COc1ccc(NC(=O)CSC2NC(=O)C3CN(Cc4ccccc4)CCC3N2)cc1OC. The molecule has 0 spiro atoms. The molecule has 2 heterocycles. The van der Waals surface area contributed by atoms with Crippen molar-refractivity contribution in [2.24, 2.45) is 5.92 Å². The van der Waals surface area contributed by atoms with E-state index < -0.39 is 0 Å². The van der Waals surface area contributed by atoms with Gasteiger partial charge >= 0.3 is 0 Å². The summed E-state index contributed by atoms with van der Waals surface area (Å²) in [6.07, 6.45) is 0.903. The van der Waals surface area contributed by atoms with Crippen molar-refractivity contribution >= 4 is 29.3 Å². The molecule has 33 heavy (non-hydrogen) atoms. The van der Waals surface area contributed by atoms with Crippen molar-refractivity contribution in [2.45, 2.75) is 24.5 Å². The summed E-state index contributed by atoms with van der Waals surface area (Å²) < 4.78 is 10.5. The van der Waals surface area contributed by atoms with Gasteiger partial charge < -0.3 is 20.1 Å². The molecule has 176 valence electrons. The Morgan fingerprint density at radius 2 is 1.94 bits per heavy atom. The van der Waals surface area contributed by atoms with Gasteiger partial charge in [0.15, 0.2) is 11.5 Å². The molecule has 2 aromatic carbocycles. The fourth-order valence-corrected chi connectivity index (χ4v) is 5.16. The predicted octanol–water partition coefficient (Wildman–Crippen LogP) is 2.27. The summed E-state index contributed by atoms with van der Waals surface area (Å²) in [6.45, 7) is 2.52. The van der Waals surface area contributed by atoms with Crippen molar-refractivity contribution < 1.29 is 19.1 Å². The first kappa shape index (κ1) is 23.4. The van der Waals surface area contributed by atoms with E-state index in [-0.39, 0.29) is 35.0 Å². The normalized spacial score (nSPS) is 22.7. The zero-order valence-electron chi connectivity index (χ0n) is 18.9. The number of fused-ring (bicyclic) bond motifs is 1. The molecular weight excluding hydrogens is 440 g/mol. The number of anilines is 1. The zero-order chi connectivity index (χ0) is 23.2. The third-order valence-corrected chi connectivity index (χ3v) is 6.99. The number of hydrogen-bond donors (Lipinski definition) is 3. The second kappa shape index (κ2) is 10.9. The third-order valence-electron chi connectivity index (χ3n) is 5.97. The topological polar surface area (TPSA) is 91.9 Å². The number of rotatable bonds is 8. The number of benzene rings is 2. The van der Waals surface area contributed by atoms with Gasteiger partial charge in [-0.1, -0.05) is 30.3 Å². The van der Waals surface area contributed by atoms with E-state index >= 15 is 0 Å². The Labute approximate surface area is 198 Å². The zero-order valence-corrected chi connectivity index (χ0v) is 19.7. The number of nitrogens with one attached hydrogen (secondary N) is 3. The molecule has 0 saturated carbocycles. The highest BCUT2D eigenvalue weighted by Crippen LogP contribution is 2.30. The molecule has 9 heteroatoms. The lowest BCUT2D eigenvalue weighted by atomic mass is 9.89. The van der Waals surface area contributed by atoms with Crippen molar-refractivity contribution in [1.82, 2.24) is 15.5 Å². The highest BCUT2D eigenvalue weighted by atomic mass is 32.2. The van der Waals surface area contributed by atoms with Gasteiger partial charge in [0.05, 0.1) is 25.9 Å². The number of ether oxygens (including phenoxy) is 2. The maximum atomic E-state index is 12.8. The van der Waals surface area contributed by atoms with Crippen LogP contribution in [0, 0.1) is 5.92 Å². The van der Waals surface area contributed by atoms with Gasteiger partial charge in [-0.2, -0.15) is 0 Å². The van der Waals surface area contributed by atoms with Crippen LogP contribution in [0.4, 0.5) is 5.69 Å². The number of hydrogen-bond acceptors (Lipinski definition) is 7. The van der Waals surface area contributed by atoms with Crippen LogP contribution in [0.15, 0.2) is 48.5 Å². The van der Waals surface area contributed by atoms with E-state index in [1.807, 2.05) is 18.2 Å². The number of piperidine rings is 1. The van der Waals surface area contributed by atoms with Gasteiger partial charge in [-0.3, -0.25) is 19.8 Å². The Bertz CT molecular complexity index is 974. The van der Waals surface area contributed by atoms with Crippen LogP contribution < -0.4 is 25.4 Å². The molecular formula is C24H30N4O4S. The summed E-state index contributed by atoms with van der Waals surface area (Å²) in [5.41, 5.74) is 1.61. The van der Waals surface area contributed by atoms with Crippen molar-refractivity contribution in [3.63, 3.8) is 0 Å². The Morgan fingerprint density at radius 1 is 1.15 bits per heavy atom. The summed E-state index contributed by atoms with van der Waals surface area (Å²) in [5, 5.41) is 9.39. The van der Waals surface area contributed by atoms with Gasteiger partial charge in [0.25, 0.3) is 0 Å². The molecule has 2 aromatic rings. The standard InChI is InChI=1S/C24H30N4O4S/c1-31-20-9-8-17(12-21(20)32-2)25-22(29)15-33-24-26-19-10-11-28(14-18(19)23(30)27-24)13-16-6-4-3-5-7-16/h3-9,12,18-19,24,26H,10-11,13-15H2,1-2H3,(H,25,29)(H,27,30). The average Bonchev–Trinajstić information content (AvgIpc) is 2.83. The van der Waals surface area contributed by atoms with Crippen LogP contribution in [0.3, 0.4) is 0 Å². The fraction of sp³-hybridized carbons (Fsp3) is 0.417. The lowest BCUT2D eigenvalue weighted by molar-refractivity contribution is -0.130. The number of thioether (sulfide) groups is 1. The first-order valence-electron chi connectivity index (χ1n) is 11.0. The summed E-state index contributed by atoms with van der Waals surface area (Å²) in [5.74, 6) is 1.18.